The van der Waals surface area contributed by atoms with Crippen molar-refractivity contribution in [3.8, 4) is 0 Å². The highest BCUT2D eigenvalue weighted by Crippen LogP contribution is 2.22. The Kier molecular flexibility index (Phi) is 4.02. The number of nitrogens with one attached hydrogen (secondary N) is 1. The van der Waals surface area contributed by atoms with Crippen molar-refractivity contribution in [1.82, 2.24) is 10.2 Å². The van der Waals surface area contributed by atoms with Crippen LogP contribution in [0.3, 0.4) is 0 Å². The van der Waals surface area contributed by atoms with Gasteiger partial charge in [0.1, 0.15) is 5.70 Å². The predicted molar refractivity (Wildman–Crippen MR) is 77.2 cm³/mol. The van der Waals surface area contributed by atoms with Crippen LogP contribution >= 0.6 is 0 Å². The molecular weight excluding hydrogens is 252 g/mol. The molecule has 1 aromatic rings. The summed E-state index contributed by atoms with van der Waals surface area (Å²) in [6, 6.07) is 10.4. The fraction of sp³-hybridized carbons (Fsp3) is 0.438. The molecule has 1 fully saturated rings. The minimum atomic E-state index is 0.0732. The lowest BCUT2D eigenvalue weighted by atomic mass is 9.97. The van der Waals surface area contributed by atoms with Gasteiger partial charge >= 0.3 is 0 Å². The number of amides is 1. The van der Waals surface area contributed by atoms with Crippen LogP contribution in [0.15, 0.2) is 41.6 Å². The smallest absolute Gasteiger partial charge is 0.267 e. The molecule has 106 valence electrons. The van der Waals surface area contributed by atoms with Crippen LogP contribution in [-0.2, 0) is 16.0 Å². The Balaban J connectivity index is 1.87. The first-order valence-corrected chi connectivity index (χ1v) is 7.21. The molecule has 0 unspecified atom stereocenters. The Morgan fingerprint density at radius 2 is 1.90 bits per heavy atom. The van der Waals surface area contributed by atoms with E-state index in [-0.39, 0.29) is 5.91 Å². The van der Waals surface area contributed by atoms with Crippen molar-refractivity contribution in [3.63, 3.8) is 0 Å². The number of nitrogens with zero attached hydrogens (tertiary/aromatic N) is 1. The fourth-order valence-electron chi connectivity index (χ4n) is 2.86. The monoisotopic (exact) mass is 272 g/mol. The second-order valence-electron chi connectivity index (χ2n) is 5.22. The Morgan fingerprint density at radius 1 is 1.15 bits per heavy atom. The number of benzene rings is 1. The summed E-state index contributed by atoms with van der Waals surface area (Å²) >= 11 is 0. The van der Waals surface area contributed by atoms with Crippen LogP contribution in [0.4, 0.5) is 0 Å². The second kappa shape index (κ2) is 6.09. The van der Waals surface area contributed by atoms with Gasteiger partial charge in [-0.2, -0.15) is 0 Å². The van der Waals surface area contributed by atoms with Gasteiger partial charge in [0.25, 0.3) is 5.91 Å². The highest BCUT2D eigenvalue weighted by Gasteiger charge is 2.26. The van der Waals surface area contributed by atoms with Gasteiger partial charge in [0.05, 0.1) is 13.2 Å². The zero-order valence-electron chi connectivity index (χ0n) is 11.6. The average molecular weight is 272 g/mol. The van der Waals surface area contributed by atoms with Gasteiger partial charge in [0.15, 0.2) is 0 Å². The van der Waals surface area contributed by atoms with Crippen LogP contribution in [0.5, 0.6) is 0 Å². The highest BCUT2D eigenvalue weighted by atomic mass is 16.5. The molecule has 0 bridgehead atoms. The van der Waals surface area contributed by atoms with Gasteiger partial charge in [-0.15, -0.1) is 0 Å². The summed E-state index contributed by atoms with van der Waals surface area (Å²) in [7, 11) is 0. The number of carbonyl (C=O) groups excluding carboxylic acids is 1. The lowest BCUT2D eigenvalue weighted by Gasteiger charge is -2.34. The fourth-order valence-corrected chi connectivity index (χ4v) is 2.86. The van der Waals surface area contributed by atoms with E-state index in [1.807, 2.05) is 18.2 Å². The molecule has 0 radical (unpaired) electrons. The van der Waals surface area contributed by atoms with Crippen LogP contribution in [0.2, 0.25) is 0 Å². The first kappa shape index (κ1) is 13.2. The summed E-state index contributed by atoms with van der Waals surface area (Å²) in [5.74, 6) is 0.0732. The van der Waals surface area contributed by atoms with Crippen molar-refractivity contribution in [2.24, 2.45) is 0 Å². The van der Waals surface area contributed by atoms with Gasteiger partial charge < -0.3 is 15.0 Å². The zero-order valence-corrected chi connectivity index (χ0v) is 11.6. The van der Waals surface area contributed by atoms with Gasteiger partial charge in [0, 0.05) is 19.6 Å². The number of morpholine rings is 1. The van der Waals surface area contributed by atoms with Crippen molar-refractivity contribution < 1.29 is 9.53 Å². The lowest BCUT2D eigenvalue weighted by molar-refractivity contribution is -0.120. The quantitative estimate of drug-likeness (QED) is 0.902. The second-order valence-corrected chi connectivity index (χ2v) is 5.22. The molecule has 3 rings (SSSR count). The molecule has 2 aliphatic heterocycles. The Bertz CT molecular complexity index is 504. The van der Waals surface area contributed by atoms with E-state index in [1.54, 1.807) is 0 Å². The summed E-state index contributed by atoms with van der Waals surface area (Å²) in [5, 5.41) is 2.97. The molecule has 0 saturated carbocycles. The van der Waals surface area contributed by atoms with Crippen LogP contribution in [0.1, 0.15) is 12.0 Å². The van der Waals surface area contributed by atoms with Gasteiger partial charge in [-0.1, -0.05) is 30.3 Å². The summed E-state index contributed by atoms with van der Waals surface area (Å²) in [6.07, 6.45) is 1.80. The van der Waals surface area contributed by atoms with Crippen LogP contribution in [0, 0.1) is 0 Å². The van der Waals surface area contributed by atoms with E-state index in [0.717, 1.165) is 38.2 Å². The first-order valence-electron chi connectivity index (χ1n) is 7.21. The standard InChI is InChI=1S/C16H20N2O2/c19-16-15(18-8-10-20-11-9-18)14(6-7-17-16)12-13-4-2-1-3-5-13/h1-5H,6-12H2,(H,17,19). The van der Waals surface area contributed by atoms with E-state index < -0.39 is 0 Å². The molecule has 1 aromatic carbocycles. The molecule has 1 amide bonds. The van der Waals surface area contributed by atoms with Gasteiger partial charge in [-0.05, 0) is 24.0 Å². The molecule has 0 spiro atoms. The van der Waals surface area contributed by atoms with Gasteiger partial charge in [-0.25, -0.2) is 0 Å². The molecule has 20 heavy (non-hydrogen) atoms. The minimum Gasteiger partial charge on any atom is -0.378 e. The third kappa shape index (κ3) is 2.85. The van der Waals surface area contributed by atoms with Crippen molar-refractivity contribution in [2.45, 2.75) is 12.8 Å². The maximum atomic E-state index is 12.2. The lowest BCUT2D eigenvalue weighted by Crippen LogP contribution is -2.44. The van der Waals surface area contributed by atoms with E-state index in [0.29, 0.717) is 13.2 Å². The SMILES string of the molecule is O=C1NCCC(Cc2ccccc2)=C1N1CCOCC1. The van der Waals surface area contributed by atoms with E-state index in [1.165, 1.54) is 11.1 Å². The van der Waals surface area contributed by atoms with E-state index in [9.17, 15) is 4.79 Å². The molecule has 4 heteroatoms. The van der Waals surface area contributed by atoms with E-state index in [2.05, 4.69) is 22.3 Å². The molecule has 1 saturated heterocycles. The third-order valence-electron chi connectivity index (χ3n) is 3.85. The molecule has 2 aliphatic rings. The summed E-state index contributed by atoms with van der Waals surface area (Å²) in [5.41, 5.74) is 3.40. The molecule has 0 aliphatic carbocycles. The van der Waals surface area contributed by atoms with Crippen molar-refractivity contribution in [2.75, 3.05) is 32.8 Å². The van der Waals surface area contributed by atoms with Crippen molar-refractivity contribution >= 4 is 5.91 Å². The Morgan fingerprint density at radius 3 is 2.65 bits per heavy atom. The average Bonchev–Trinajstić information content (AvgIpc) is 2.49. The van der Waals surface area contributed by atoms with Gasteiger partial charge in [-0.3, -0.25) is 4.79 Å². The number of carbonyl (C=O) groups is 1. The zero-order chi connectivity index (χ0) is 13.8. The summed E-state index contributed by atoms with van der Waals surface area (Å²) in [6.45, 7) is 3.77. The number of rotatable bonds is 3. The Labute approximate surface area is 119 Å². The molecule has 4 nitrogen and oxygen atoms in total. The van der Waals surface area contributed by atoms with E-state index in [4.69, 9.17) is 4.74 Å². The van der Waals surface area contributed by atoms with Crippen molar-refractivity contribution in [1.29, 1.82) is 0 Å². The van der Waals surface area contributed by atoms with E-state index >= 15 is 0 Å². The molecule has 0 aromatic heterocycles. The minimum absolute atomic E-state index is 0.0732. The maximum Gasteiger partial charge on any atom is 0.267 e. The normalized spacial score (nSPS) is 20.0. The molecule has 0 atom stereocenters. The topological polar surface area (TPSA) is 41.6 Å². The predicted octanol–water partition coefficient (Wildman–Crippen LogP) is 1.34. The van der Waals surface area contributed by atoms with Crippen molar-refractivity contribution in [3.05, 3.63) is 47.2 Å². The number of hydrogen-bond acceptors (Lipinski definition) is 3. The van der Waals surface area contributed by atoms with Crippen LogP contribution < -0.4 is 5.32 Å². The van der Waals surface area contributed by atoms with Crippen LogP contribution in [0.25, 0.3) is 0 Å². The maximum absolute atomic E-state index is 12.2. The third-order valence-corrected chi connectivity index (χ3v) is 3.85. The Hall–Kier alpha value is -1.81. The molecule has 1 N–H and O–H groups in total. The highest BCUT2D eigenvalue weighted by molar-refractivity contribution is 5.94. The molecular formula is C16H20N2O2. The first-order chi connectivity index (χ1) is 9.84. The summed E-state index contributed by atoms with van der Waals surface area (Å²) in [4.78, 5) is 14.4. The summed E-state index contributed by atoms with van der Waals surface area (Å²) < 4.78 is 5.38. The molecule has 2 heterocycles. The largest absolute Gasteiger partial charge is 0.378 e. The number of ether oxygens (including phenoxy) is 1. The van der Waals surface area contributed by atoms with Crippen LogP contribution in [-0.4, -0.2) is 43.7 Å². The number of hydrogen-bond donors (Lipinski definition) is 1. The van der Waals surface area contributed by atoms with Gasteiger partial charge in [0.2, 0.25) is 0 Å².